The summed E-state index contributed by atoms with van der Waals surface area (Å²) in [6.45, 7) is 2.64. The van der Waals surface area contributed by atoms with E-state index in [9.17, 15) is 4.79 Å². The molecule has 0 radical (unpaired) electrons. The minimum Gasteiger partial charge on any atom is -0.361 e. The summed E-state index contributed by atoms with van der Waals surface area (Å²) in [4.78, 5) is 18.8. The van der Waals surface area contributed by atoms with Crippen LogP contribution in [0.2, 0.25) is 0 Å². The van der Waals surface area contributed by atoms with Gasteiger partial charge in [-0.3, -0.25) is 4.79 Å². The Bertz CT molecular complexity index is 579. The molecule has 0 bridgehead atoms. The molecule has 1 aliphatic rings. The van der Waals surface area contributed by atoms with Crippen molar-refractivity contribution in [2.24, 2.45) is 0 Å². The number of nitrogens with zero attached hydrogens (tertiary/aromatic N) is 3. The van der Waals surface area contributed by atoms with Gasteiger partial charge in [-0.1, -0.05) is 5.16 Å². The van der Waals surface area contributed by atoms with Gasteiger partial charge < -0.3 is 9.42 Å². The average Bonchev–Trinajstić information content (AvgIpc) is 3.10. The van der Waals surface area contributed by atoms with Crippen molar-refractivity contribution in [2.45, 2.75) is 38.6 Å². The first-order chi connectivity index (χ1) is 9.74. The van der Waals surface area contributed by atoms with Crippen molar-refractivity contribution < 1.29 is 9.32 Å². The lowest BCUT2D eigenvalue weighted by Gasteiger charge is -2.34. The molecule has 0 unspecified atom stereocenters. The van der Waals surface area contributed by atoms with E-state index in [0.717, 1.165) is 36.6 Å². The first kappa shape index (κ1) is 13.3. The number of carbonyl (C=O) groups excluding carboxylic acids is 1. The molecule has 0 aromatic carbocycles. The van der Waals surface area contributed by atoms with Gasteiger partial charge in [0.2, 0.25) is 5.91 Å². The smallest absolute Gasteiger partial charge is 0.229 e. The molecule has 1 aliphatic heterocycles. The second kappa shape index (κ2) is 5.75. The van der Waals surface area contributed by atoms with Crippen molar-refractivity contribution in [1.29, 1.82) is 0 Å². The van der Waals surface area contributed by atoms with Crippen LogP contribution in [-0.4, -0.2) is 27.5 Å². The monoisotopic (exact) mass is 291 g/mol. The molecular formula is C14H17N3O2S. The van der Waals surface area contributed by atoms with Gasteiger partial charge in [-0.15, -0.1) is 11.3 Å². The Hall–Kier alpha value is -1.69. The first-order valence-electron chi connectivity index (χ1n) is 6.85. The standard InChI is InChI=1S/C14H17N3O2S/c1-10-8-11(16-19-10)9-13(18)17-6-3-2-4-12(17)14-15-5-7-20-14/h5,7-8,12H,2-4,6,9H2,1H3/t12-/m0/s1. The number of amides is 1. The Kier molecular flexibility index (Phi) is 3.82. The highest BCUT2D eigenvalue weighted by atomic mass is 32.1. The molecule has 3 heterocycles. The molecule has 0 aliphatic carbocycles. The molecule has 0 N–H and O–H groups in total. The third-order valence-corrected chi connectivity index (χ3v) is 4.45. The minimum atomic E-state index is 0.109. The summed E-state index contributed by atoms with van der Waals surface area (Å²) >= 11 is 1.62. The number of aromatic nitrogens is 2. The largest absolute Gasteiger partial charge is 0.361 e. The van der Waals surface area contributed by atoms with Crippen LogP contribution in [0.5, 0.6) is 0 Å². The summed E-state index contributed by atoms with van der Waals surface area (Å²) in [5.41, 5.74) is 0.705. The van der Waals surface area contributed by atoms with Gasteiger partial charge in [0.25, 0.3) is 0 Å². The van der Waals surface area contributed by atoms with Gasteiger partial charge in [-0.2, -0.15) is 0 Å². The van der Waals surface area contributed by atoms with Crippen LogP contribution < -0.4 is 0 Å². The van der Waals surface area contributed by atoms with Gasteiger partial charge in [0.05, 0.1) is 18.2 Å². The SMILES string of the molecule is Cc1cc(CC(=O)N2CCCC[C@H]2c2nccs2)no1. The third-order valence-electron chi connectivity index (χ3n) is 3.57. The predicted octanol–water partition coefficient (Wildman–Crippen LogP) is 2.74. The molecule has 2 aromatic rings. The van der Waals surface area contributed by atoms with Gasteiger partial charge >= 0.3 is 0 Å². The highest BCUT2D eigenvalue weighted by molar-refractivity contribution is 7.09. The van der Waals surface area contributed by atoms with Gasteiger partial charge in [0.1, 0.15) is 10.8 Å². The number of rotatable bonds is 3. The zero-order valence-corrected chi connectivity index (χ0v) is 12.2. The highest BCUT2D eigenvalue weighted by Gasteiger charge is 2.29. The first-order valence-corrected chi connectivity index (χ1v) is 7.73. The molecule has 1 saturated heterocycles. The highest BCUT2D eigenvalue weighted by Crippen LogP contribution is 2.32. The van der Waals surface area contributed by atoms with Gasteiger partial charge in [0.15, 0.2) is 0 Å². The quantitative estimate of drug-likeness (QED) is 0.872. The van der Waals surface area contributed by atoms with Gasteiger partial charge in [0, 0.05) is 24.2 Å². The van der Waals surface area contributed by atoms with E-state index in [-0.39, 0.29) is 11.9 Å². The second-order valence-corrected chi connectivity index (χ2v) is 6.00. The van der Waals surface area contributed by atoms with Crippen LogP contribution in [0.4, 0.5) is 0 Å². The van der Waals surface area contributed by atoms with Crippen LogP contribution in [0.3, 0.4) is 0 Å². The summed E-state index contributed by atoms with van der Waals surface area (Å²) in [5, 5.41) is 6.91. The maximum Gasteiger partial charge on any atom is 0.229 e. The number of piperidine rings is 1. The van der Waals surface area contributed by atoms with Crippen molar-refractivity contribution >= 4 is 17.2 Å². The second-order valence-electron chi connectivity index (χ2n) is 5.07. The zero-order chi connectivity index (χ0) is 13.9. The average molecular weight is 291 g/mol. The van der Waals surface area contributed by atoms with Crippen molar-refractivity contribution in [3.8, 4) is 0 Å². The fraction of sp³-hybridized carbons (Fsp3) is 0.500. The van der Waals surface area contributed by atoms with Crippen LogP contribution in [-0.2, 0) is 11.2 Å². The minimum absolute atomic E-state index is 0.109. The number of thiazole rings is 1. The van der Waals surface area contributed by atoms with E-state index in [1.54, 1.807) is 17.5 Å². The lowest BCUT2D eigenvalue weighted by Crippen LogP contribution is -2.39. The van der Waals surface area contributed by atoms with Gasteiger partial charge in [-0.25, -0.2) is 4.98 Å². The number of carbonyl (C=O) groups is 1. The van der Waals surface area contributed by atoms with Crippen molar-refractivity contribution in [2.75, 3.05) is 6.54 Å². The number of aryl methyl sites for hydroxylation is 1. The van der Waals surface area contributed by atoms with E-state index < -0.39 is 0 Å². The summed E-state index contributed by atoms with van der Waals surface area (Å²) in [6.07, 6.45) is 5.32. The molecular weight excluding hydrogens is 274 g/mol. The number of likely N-dealkylation sites (tertiary alicyclic amines) is 1. The lowest BCUT2D eigenvalue weighted by molar-refractivity contribution is -0.134. The van der Waals surface area contributed by atoms with E-state index in [2.05, 4.69) is 10.1 Å². The normalized spacial score (nSPS) is 19.2. The Morgan fingerprint density at radius 2 is 2.45 bits per heavy atom. The molecule has 0 spiro atoms. The molecule has 106 valence electrons. The van der Waals surface area contributed by atoms with Crippen LogP contribution in [0, 0.1) is 6.92 Å². The molecule has 6 heteroatoms. The molecule has 20 heavy (non-hydrogen) atoms. The molecule has 1 atom stereocenters. The number of hydrogen-bond donors (Lipinski definition) is 0. The predicted molar refractivity (Wildman–Crippen MR) is 75.4 cm³/mol. The molecule has 0 saturated carbocycles. The van der Waals surface area contributed by atoms with Crippen LogP contribution >= 0.6 is 11.3 Å². The van der Waals surface area contributed by atoms with E-state index >= 15 is 0 Å². The maximum absolute atomic E-state index is 12.5. The number of hydrogen-bond acceptors (Lipinski definition) is 5. The summed E-state index contributed by atoms with van der Waals surface area (Å²) in [6, 6.07) is 1.95. The van der Waals surface area contributed by atoms with Crippen LogP contribution in [0.25, 0.3) is 0 Å². The summed E-state index contributed by atoms with van der Waals surface area (Å²) in [7, 11) is 0. The van der Waals surface area contributed by atoms with E-state index in [1.807, 2.05) is 23.3 Å². The van der Waals surface area contributed by atoms with Gasteiger partial charge in [-0.05, 0) is 26.2 Å². The van der Waals surface area contributed by atoms with E-state index in [4.69, 9.17) is 4.52 Å². The zero-order valence-electron chi connectivity index (χ0n) is 11.4. The Morgan fingerprint density at radius 3 is 3.15 bits per heavy atom. The van der Waals surface area contributed by atoms with E-state index in [1.165, 1.54) is 0 Å². The molecule has 1 amide bonds. The molecule has 5 nitrogen and oxygen atoms in total. The fourth-order valence-electron chi connectivity index (χ4n) is 2.64. The molecule has 3 rings (SSSR count). The summed E-state index contributed by atoms with van der Waals surface area (Å²) in [5.74, 6) is 0.848. The van der Waals surface area contributed by atoms with Crippen molar-refractivity contribution in [3.63, 3.8) is 0 Å². The fourth-order valence-corrected chi connectivity index (χ4v) is 3.43. The van der Waals surface area contributed by atoms with Crippen molar-refractivity contribution in [3.05, 3.63) is 34.1 Å². The van der Waals surface area contributed by atoms with Crippen LogP contribution in [0.15, 0.2) is 22.2 Å². The maximum atomic E-state index is 12.5. The molecule has 1 fully saturated rings. The Morgan fingerprint density at radius 1 is 1.55 bits per heavy atom. The Balaban J connectivity index is 1.74. The molecule has 2 aromatic heterocycles. The summed E-state index contributed by atoms with van der Waals surface area (Å²) < 4.78 is 5.02. The third kappa shape index (κ3) is 2.75. The van der Waals surface area contributed by atoms with Crippen LogP contribution in [0.1, 0.15) is 41.8 Å². The topological polar surface area (TPSA) is 59.2 Å². The Labute approximate surface area is 121 Å². The van der Waals surface area contributed by atoms with Crippen molar-refractivity contribution in [1.82, 2.24) is 15.0 Å². The van der Waals surface area contributed by atoms with E-state index in [0.29, 0.717) is 12.1 Å². The lowest BCUT2D eigenvalue weighted by atomic mass is 10.0.